The zero-order valence-corrected chi connectivity index (χ0v) is 12.6. The van der Waals surface area contributed by atoms with Gasteiger partial charge in [0.15, 0.2) is 6.54 Å². The first kappa shape index (κ1) is 15.8. The van der Waals surface area contributed by atoms with Crippen molar-refractivity contribution in [1.29, 1.82) is 0 Å². The predicted molar refractivity (Wildman–Crippen MR) is 65.9 cm³/mol. The van der Waals surface area contributed by atoms with Crippen molar-refractivity contribution < 1.29 is 35.8 Å². The number of esters is 1. The van der Waals surface area contributed by atoms with E-state index in [0.717, 1.165) is 12.8 Å². The Balaban J connectivity index is 0.00000180. The van der Waals surface area contributed by atoms with E-state index < -0.39 is 0 Å². The molecule has 0 bridgehead atoms. The van der Waals surface area contributed by atoms with Crippen molar-refractivity contribution in [3.63, 3.8) is 0 Å². The highest BCUT2D eigenvalue weighted by Crippen LogP contribution is 2.27. The molecule has 2 N–H and O–H groups in total. The van der Waals surface area contributed by atoms with E-state index in [-0.39, 0.29) is 35.6 Å². The van der Waals surface area contributed by atoms with Crippen molar-refractivity contribution in [3.8, 4) is 5.75 Å². The Hall–Kier alpha value is -1.30. The Kier molecular flexibility index (Phi) is 6.08. The number of nitrogen functional groups attached to an aromatic ring is 1. The predicted octanol–water partition coefficient (Wildman–Crippen LogP) is -1.95. The lowest BCUT2D eigenvalue weighted by atomic mass is 9.96. The standard InChI is InChI=1S/C13H18N2O3.BrH/c1-2-17-12(16)9-15-8-4-7-11(13(15)14)18-10-5-3-6-10;/h4,7-8,10,14H,2-3,5-6,9H2,1H3;1H. The van der Waals surface area contributed by atoms with E-state index in [4.69, 9.17) is 15.2 Å². The molecule has 0 aromatic carbocycles. The van der Waals surface area contributed by atoms with Gasteiger partial charge in [0.05, 0.1) is 18.9 Å². The highest BCUT2D eigenvalue weighted by atomic mass is 79.9. The van der Waals surface area contributed by atoms with Crippen molar-refractivity contribution in [2.24, 2.45) is 0 Å². The molecule has 1 aromatic rings. The highest BCUT2D eigenvalue weighted by molar-refractivity contribution is 5.67. The lowest BCUT2D eigenvalue weighted by molar-refractivity contribution is -0.672. The SMILES string of the molecule is CCOC(=O)C[n+]1cccc(OC2CCC2)c1N.[Br-]. The van der Waals surface area contributed by atoms with Crippen LogP contribution in [0.5, 0.6) is 5.75 Å². The van der Waals surface area contributed by atoms with Crippen LogP contribution in [0, 0.1) is 0 Å². The van der Waals surface area contributed by atoms with Crippen molar-refractivity contribution in [2.75, 3.05) is 12.3 Å². The van der Waals surface area contributed by atoms with Crippen molar-refractivity contribution in [1.82, 2.24) is 0 Å². The molecule has 2 rings (SSSR count). The number of ether oxygens (including phenoxy) is 2. The fourth-order valence-electron chi connectivity index (χ4n) is 1.79. The molecule has 19 heavy (non-hydrogen) atoms. The topological polar surface area (TPSA) is 65.4 Å². The molecule has 6 heteroatoms. The van der Waals surface area contributed by atoms with E-state index in [2.05, 4.69) is 0 Å². The minimum atomic E-state index is -0.296. The fourth-order valence-corrected chi connectivity index (χ4v) is 1.79. The van der Waals surface area contributed by atoms with Crippen molar-refractivity contribution in [3.05, 3.63) is 18.3 Å². The van der Waals surface area contributed by atoms with Crippen LogP contribution in [0.2, 0.25) is 0 Å². The van der Waals surface area contributed by atoms with Gasteiger partial charge in [-0.2, -0.15) is 0 Å². The molecule has 0 radical (unpaired) electrons. The summed E-state index contributed by atoms with van der Waals surface area (Å²) >= 11 is 0. The number of hydrogen-bond donors (Lipinski definition) is 1. The molecule has 1 aliphatic rings. The Labute approximate surface area is 123 Å². The molecule has 0 unspecified atom stereocenters. The molecule has 106 valence electrons. The van der Waals surface area contributed by atoms with Crippen LogP contribution in [0.25, 0.3) is 0 Å². The molecule has 5 nitrogen and oxygen atoms in total. The van der Waals surface area contributed by atoms with Crippen LogP contribution in [-0.4, -0.2) is 18.7 Å². The lowest BCUT2D eigenvalue weighted by Crippen LogP contribution is -3.00. The smallest absolute Gasteiger partial charge is 0.348 e. The van der Waals surface area contributed by atoms with Gasteiger partial charge in [0, 0.05) is 0 Å². The van der Waals surface area contributed by atoms with Crippen LogP contribution in [0.3, 0.4) is 0 Å². The van der Waals surface area contributed by atoms with E-state index in [1.54, 1.807) is 17.7 Å². The average molecular weight is 331 g/mol. The van der Waals surface area contributed by atoms with Gasteiger partial charge in [-0.3, -0.25) is 5.73 Å². The zero-order chi connectivity index (χ0) is 13.0. The van der Waals surface area contributed by atoms with Gasteiger partial charge in [0.25, 0.3) is 0 Å². The number of hydrogen-bond acceptors (Lipinski definition) is 4. The summed E-state index contributed by atoms with van der Waals surface area (Å²) in [6.07, 6.45) is 5.38. The maximum absolute atomic E-state index is 11.4. The monoisotopic (exact) mass is 330 g/mol. The van der Waals surface area contributed by atoms with Crippen molar-refractivity contribution in [2.45, 2.75) is 38.8 Å². The summed E-state index contributed by atoms with van der Waals surface area (Å²) in [7, 11) is 0. The largest absolute Gasteiger partial charge is 1.00 e. The third kappa shape index (κ3) is 4.09. The lowest BCUT2D eigenvalue weighted by Gasteiger charge is -2.26. The third-order valence-electron chi connectivity index (χ3n) is 3.03. The quantitative estimate of drug-likeness (QED) is 0.503. The van der Waals surface area contributed by atoms with Crippen LogP contribution in [0.1, 0.15) is 26.2 Å². The number of nitrogens with two attached hydrogens (primary N) is 1. The van der Waals surface area contributed by atoms with Gasteiger partial charge < -0.3 is 26.5 Å². The Bertz CT molecular complexity index is 436. The molecular formula is C13H19BrN2O3. The first-order valence-corrected chi connectivity index (χ1v) is 6.31. The van der Waals surface area contributed by atoms with Gasteiger partial charge in [0.2, 0.25) is 5.75 Å². The molecule has 0 saturated heterocycles. The third-order valence-corrected chi connectivity index (χ3v) is 3.03. The molecule has 1 aromatic heterocycles. The molecular weight excluding hydrogens is 312 g/mol. The summed E-state index contributed by atoms with van der Waals surface area (Å²) in [6.45, 7) is 2.27. The number of halogens is 1. The number of carbonyl (C=O) groups is 1. The van der Waals surface area contributed by atoms with Crippen LogP contribution >= 0.6 is 0 Å². The maximum Gasteiger partial charge on any atom is 0.348 e. The van der Waals surface area contributed by atoms with Crippen LogP contribution < -0.4 is 32.0 Å². The van der Waals surface area contributed by atoms with Gasteiger partial charge >= 0.3 is 11.8 Å². The molecule has 0 atom stereocenters. The van der Waals surface area contributed by atoms with Crippen LogP contribution in [0.4, 0.5) is 5.82 Å². The number of aromatic nitrogens is 1. The second-order valence-electron chi connectivity index (χ2n) is 4.36. The highest BCUT2D eigenvalue weighted by Gasteiger charge is 2.23. The zero-order valence-electron chi connectivity index (χ0n) is 11.0. The van der Waals surface area contributed by atoms with Crippen molar-refractivity contribution >= 4 is 11.8 Å². The minimum Gasteiger partial charge on any atom is -1.00 e. The maximum atomic E-state index is 11.4. The van der Waals surface area contributed by atoms with Gasteiger partial charge in [-0.25, -0.2) is 9.36 Å². The van der Waals surface area contributed by atoms with Crippen LogP contribution in [-0.2, 0) is 16.1 Å². The molecule has 1 fully saturated rings. The van der Waals surface area contributed by atoms with Crippen LogP contribution in [0.15, 0.2) is 18.3 Å². The van der Waals surface area contributed by atoms with E-state index in [1.165, 1.54) is 6.42 Å². The number of pyridine rings is 1. The summed E-state index contributed by atoms with van der Waals surface area (Å²) in [4.78, 5) is 11.4. The summed E-state index contributed by atoms with van der Waals surface area (Å²) in [5.74, 6) is 0.818. The molecule has 1 aliphatic carbocycles. The second kappa shape index (κ2) is 7.33. The average Bonchev–Trinajstić information content (AvgIpc) is 2.28. The first-order chi connectivity index (χ1) is 8.70. The fraction of sp³-hybridized carbons (Fsp3) is 0.538. The van der Waals surface area contributed by atoms with E-state index in [9.17, 15) is 4.79 Å². The number of nitrogens with zero attached hydrogens (tertiary/aromatic N) is 1. The van der Waals surface area contributed by atoms with Gasteiger partial charge in [-0.15, -0.1) is 0 Å². The summed E-state index contributed by atoms with van der Waals surface area (Å²) < 4.78 is 12.3. The number of anilines is 1. The summed E-state index contributed by atoms with van der Waals surface area (Å²) in [6, 6.07) is 3.65. The summed E-state index contributed by atoms with van der Waals surface area (Å²) in [5.41, 5.74) is 5.99. The molecule has 0 spiro atoms. The Morgan fingerprint density at radius 2 is 2.26 bits per heavy atom. The minimum absolute atomic E-state index is 0. The molecule has 1 heterocycles. The molecule has 0 amide bonds. The number of rotatable bonds is 5. The summed E-state index contributed by atoms with van der Waals surface area (Å²) in [5, 5.41) is 0. The first-order valence-electron chi connectivity index (χ1n) is 6.31. The van der Waals surface area contributed by atoms with Gasteiger partial charge in [-0.1, -0.05) is 0 Å². The van der Waals surface area contributed by atoms with E-state index in [1.807, 2.05) is 12.1 Å². The Morgan fingerprint density at radius 1 is 1.53 bits per heavy atom. The van der Waals surface area contributed by atoms with E-state index >= 15 is 0 Å². The molecule has 1 saturated carbocycles. The second-order valence-corrected chi connectivity index (χ2v) is 4.36. The van der Waals surface area contributed by atoms with Gasteiger partial charge in [-0.05, 0) is 38.3 Å². The van der Waals surface area contributed by atoms with Gasteiger partial charge in [0.1, 0.15) is 0 Å². The number of carbonyl (C=O) groups excluding carboxylic acids is 1. The molecule has 0 aliphatic heterocycles. The normalized spacial score (nSPS) is 14.2. The Morgan fingerprint density at radius 3 is 2.84 bits per heavy atom. The van der Waals surface area contributed by atoms with E-state index in [0.29, 0.717) is 18.2 Å².